The number of aromatic hydroxyl groups is 2. The Morgan fingerprint density at radius 3 is 2.66 bits per heavy atom. The standard InChI is InChI=1S/C38H47NO5/c1-3-4-6-9-27(2)10-7-5-8-11-33(41)15-12-28-13-17-36(43)37(22-28)44-21-19-29-14-16-34(42)25-35(29)31-23-30-18-20-39-38(30)32(24-31)26-40/h8,11,13-14,16-18,22-25,27,40,42-43H,3-7,9-10,12,15,19-21,26H2,1-2H3. The van der Waals surface area contributed by atoms with Crippen molar-refractivity contribution in [2.45, 2.75) is 84.7 Å². The number of ketones is 1. The topological polar surface area (TPSA) is 99.4 Å². The molecule has 0 aromatic heterocycles. The fraction of sp³-hybridized carbons (Fsp3) is 0.421. The van der Waals surface area contributed by atoms with Gasteiger partial charge < -0.3 is 20.1 Å². The van der Waals surface area contributed by atoms with Gasteiger partial charge in [-0.1, -0.05) is 70.2 Å². The molecule has 3 aromatic carbocycles. The summed E-state index contributed by atoms with van der Waals surface area (Å²) in [7, 11) is 0. The zero-order valence-electron chi connectivity index (χ0n) is 26.2. The van der Waals surface area contributed by atoms with Crippen molar-refractivity contribution in [1.29, 1.82) is 0 Å². The number of aliphatic hydroxyl groups is 1. The van der Waals surface area contributed by atoms with E-state index in [0.29, 0.717) is 38.2 Å². The second kappa shape index (κ2) is 16.8. The monoisotopic (exact) mass is 597 g/mol. The minimum absolute atomic E-state index is 0.0559. The van der Waals surface area contributed by atoms with Gasteiger partial charge in [-0.05, 0) is 95.1 Å². The number of phenolic OH excluding ortho intramolecular Hbond substituents is 2. The number of fused-ring (bicyclic) bond motifs is 1. The van der Waals surface area contributed by atoms with Crippen LogP contribution in [-0.4, -0.2) is 34.3 Å². The Labute approximate surface area is 261 Å². The van der Waals surface area contributed by atoms with Gasteiger partial charge in [0.25, 0.3) is 0 Å². The van der Waals surface area contributed by atoms with E-state index < -0.39 is 0 Å². The second-order valence-corrected chi connectivity index (χ2v) is 11.9. The Hall–Kier alpha value is -3.90. The largest absolute Gasteiger partial charge is 0.508 e. The lowest BCUT2D eigenvalue weighted by Crippen LogP contribution is -2.26. The third-order valence-electron chi connectivity index (χ3n) is 8.34. The van der Waals surface area contributed by atoms with Crippen molar-refractivity contribution < 1.29 is 24.9 Å². The zero-order chi connectivity index (χ0) is 31.3. The molecule has 1 atom stereocenters. The third-order valence-corrected chi connectivity index (χ3v) is 8.34. The highest BCUT2D eigenvalue weighted by atomic mass is 16.5. The number of hydrogen-bond acceptors (Lipinski definition) is 6. The predicted molar refractivity (Wildman–Crippen MR) is 177 cm³/mol. The molecule has 3 N–H and O–H groups in total. The first-order valence-corrected chi connectivity index (χ1v) is 16.1. The van der Waals surface area contributed by atoms with Gasteiger partial charge in [0.05, 0.1) is 25.1 Å². The van der Waals surface area contributed by atoms with Crippen LogP contribution in [0.25, 0.3) is 17.2 Å². The van der Waals surface area contributed by atoms with E-state index in [-0.39, 0.29) is 23.9 Å². The smallest absolute Gasteiger partial charge is 0.161 e. The van der Waals surface area contributed by atoms with Crippen molar-refractivity contribution in [2.75, 3.05) is 13.2 Å². The molecule has 0 bridgehead atoms. The molecule has 0 saturated carbocycles. The summed E-state index contributed by atoms with van der Waals surface area (Å²) in [5, 5.41) is 32.4. The molecule has 234 valence electrons. The van der Waals surface area contributed by atoms with E-state index in [1.165, 1.54) is 32.1 Å². The van der Waals surface area contributed by atoms with E-state index in [1.54, 1.807) is 30.3 Å². The third kappa shape index (κ3) is 9.55. The molecule has 0 aliphatic carbocycles. The van der Waals surface area contributed by atoms with Gasteiger partial charge in [0.15, 0.2) is 17.3 Å². The Morgan fingerprint density at radius 2 is 1.84 bits per heavy atom. The number of aryl methyl sites for hydroxylation is 1. The van der Waals surface area contributed by atoms with Gasteiger partial charge in [-0.15, -0.1) is 0 Å². The SMILES string of the molecule is CCCCCC(C)CCCC=CC(=O)CCc1ccc(O)c(OCCc2ccc(O)cc2-c2cc(CO)c3c(c2)=CCN=3)c1. The molecule has 6 heteroatoms. The van der Waals surface area contributed by atoms with Gasteiger partial charge in [0, 0.05) is 18.4 Å². The first kappa shape index (κ1) is 33.0. The van der Waals surface area contributed by atoms with Crippen LogP contribution >= 0.6 is 0 Å². The number of allylic oxidation sites excluding steroid dienone is 2. The van der Waals surface area contributed by atoms with Gasteiger partial charge in [-0.3, -0.25) is 9.79 Å². The number of nitrogens with zero attached hydrogens (tertiary/aromatic N) is 1. The number of unbranched alkanes of at least 4 members (excludes halogenated alkanes) is 3. The summed E-state index contributed by atoms with van der Waals surface area (Å²) in [6.07, 6.45) is 15.7. The molecule has 1 aliphatic rings. The number of carbonyl (C=O) groups excluding carboxylic acids is 1. The number of ether oxygens (including phenoxy) is 1. The van der Waals surface area contributed by atoms with Crippen molar-refractivity contribution in [1.82, 2.24) is 0 Å². The predicted octanol–water partition coefficient (Wildman–Crippen LogP) is 6.74. The summed E-state index contributed by atoms with van der Waals surface area (Å²) in [6, 6.07) is 14.4. The van der Waals surface area contributed by atoms with Crippen LogP contribution in [-0.2, 0) is 24.2 Å². The highest BCUT2D eigenvalue weighted by molar-refractivity contribution is 5.89. The maximum atomic E-state index is 12.4. The number of phenols is 2. The summed E-state index contributed by atoms with van der Waals surface area (Å²) < 4.78 is 6.00. The average Bonchev–Trinajstić information content (AvgIpc) is 3.50. The molecule has 1 unspecified atom stereocenters. The van der Waals surface area contributed by atoms with E-state index in [0.717, 1.165) is 57.2 Å². The first-order valence-electron chi connectivity index (χ1n) is 16.1. The van der Waals surface area contributed by atoms with Crippen molar-refractivity contribution in [3.63, 3.8) is 0 Å². The van der Waals surface area contributed by atoms with E-state index in [9.17, 15) is 20.1 Å². The molecule has 44 heavy (non-hydrogen) atoms. The highest BCUT2D eigenvalue weighted by Crippen LogP contribution is 2.30. The number of benzene rings is 3. The minimum atomic E-state index is -0.110. The lowest BCUT2D eigenvalue weighted by molar-refractivity contribution is -0.114. The Morgan fingerprint density at radius 1 is 1.00 bits per heavy atom. The Kier molecular flexibility index (Phi) is 12.6. The molecule has 1 aliphatic heterocycles. The second-order valence-electron chi connectivity index (χ2n) is 11.9. The molecule has 1 heterocycles. The molecule has 0 saturated heterocycles. The molecule has 4 rings (SSSR count). The maximum absolute atomic E-state index is 12.4. The van der Waals surface area contributed by atoms with Crippen molar-refractivity contribution in [3.05, 3.63) is 87.9 Å². The first-order chi connectivity index (χ1) is 21.4. The van der Waals surface area contributed by atoms with Crippen molar-refractivity contribution in [2.24, 2.45) is 10.9 Å². The molecule has 0 fully saturated rings. The average molecular weight is 598 g/mol. The molecule has 3 aromatic rings. The van der Waals surface area contributed by atoms with Gasteiger partial charge in [-0.25, -0.2) is 0 Å². The van der Waals surface area contributed by atoms with Crippen LogP contribution in [0, 0.1) is 5.92 Å². The van der Waals surface area contributed by atoms with Gasteiger partial charge in [0.1, 0.15) is 5.75 Å². The van der Waals surface area contributed by atoms with E-state index in [2.05, 4.69) is 18.8 Å². The summed E-state index contributed by atoms with van der Waals surface area (Å²) in [5.74, 6) is 1.46. The number of rotatable bonds is 18. The van der Waals surface area contributed by atoms with Crippen LogP contribution in [0.15, 0.2) is 65.7 Å². The summed E-state index contributed by atoms with van der Waals surface area (Å²) in [4.78, 5) is 16.9. The summed E-state index contributed by atoms with van der Waals surface area (Å²) in [5.41, 5.74) is 4.42. The fourth-order valence-electron chi connectivity index (χ4n) is 5.77. The molecule has 0 amide bonds. The van der Waals surface area contributed by atoms with Crippen LogP contribution in [0.3, 0.4) is 0 Å². The van der Waals surface area contributed by atoms with Crippen LogP contribution in [0.2, 0.25) is 0 Å². The van der Waals surface area contributed by atoms with Crippen LogP contribution in [0.5, 0.6) is 17.2 Å². The summed E-state index contributed by atoms with van der Waals surface area (Å²) in [6.45, 7) is 5.36. The fourth-order valence-corrected chi connectivity index (χ4v) is 5.77. The number of hydrogen-bond donors (Lipinski definition) is 3. The normalized spacial score (nSPS) is 13.0. The van der Waals surface area contributed by atoms with Crippen LogP contribution in [0.4, 0.5) is 0 Å². The molecule has 6 nitrogen and oxygen atoms in total. The number of carbonyl (C=O) groups is 1. The minimum Gasteiger partial charge on any atom is -0.508 e. The van der Waals surface area contributed by atoms with Gasteiger partial charge in [0.2, 0.25) is 0 Å². The van der Waals surface area contributed by atoms with Crippen LogP contribution in [0.1, 0.15) is 81.9 Å². The lowest BCUT2D eigenvalue weighted by atomic mass is 9.95. The van der Waals surface area contributed by atoms with Crippen LogP contribution < -0.4 is 15.3 Å². The van der Waals surface area contributed by atoms with Crippen molar-refractivity contribution >= 4 is 11.9 Å². The molecular formula is C38H47NO5. The quantitative estimate of drug-likeness (QED) is 0.111. The zero-order valence-corrected chi connectivity index (χ0v) is 26.2. The lowest BCUT2D eigenvalue weighted by Gasteiger charge is -2.14. The molecular weight excluding hydrogens is 550 g/mol. The highest BCUT2D eigenvalue weighted by Gasteiger charge is 2.12. The van der Waals surface area contributed by atoms with E-state index >= 15 is 0 Å². The Balaban J connectivity index is 1.29. The Bertz CT molecular complexity index is 1560. The maximum Gasteiger partial charge on any atom is 0.161 e. The summed E-state index contributed by atoms with van der Waals surface area (Å²) >= 11 is 0. The number of aliphatic hydroxyl groups excluding tert-OH is 1. The van der Waals surface area contributed by atoms with E-state index in [1.807, 2.05) is 36.4 Å². The van der Waals surface area contributed by atoms with Gasteiger partial charge in [-0.2, -0.15) is 0 Å². The molecule has 0 radical (unpaired) electrons. The molecule has 0 spiro atoms. The van der Waals surface area contributed by atoms with Crippen molar-refractivity contribution in [3.8, 4) is 28.4 Å². The van der Waals surface area contributed by atoms with E-state index in [4.69, 9.17) is 4.74 Å². The van der Waals surface area contributed by atoms with Gasteiger partial charge >= 0.3 is 0 Å².